The molecule has 0 fully saturated rings. The SMILES string of the molecule is Cc1cc(C(=O)CCC(=O)O)ncn1. The number of ketones is 1. The summed E-state index contributed by atoms with van der Waals surface area (Å²) in [4.78, 5) is 29.2. The maximum Gasteiger partial charge on any atom is 0.303 e. The molecule has 5 nitrogen and oxygen atoms in total. The smallest absolute Gasteiger partial charge is 0.303 e. The van der Waals surface area contributed by atoms with Gasteiger partial charge in [0, 0.05) is 12.1 Å². The van der Waals surface area contributed by atoms with Gasteiger partial charge in [-0.1, -0.05) is 0 Å². The molecule has 0 radical (unpaired) electrons. The minimum atomic E-state index is -0.982. The van der Waals surface area contributed by atoms with Crippen molar-refractivity contribution in [2.24, 2.45) is 0 Å². The van der Waals surface area contributed by atoms with Crippen LogP contribution in [0, 0.1) is 6.92 Å². The fraction of sp³-hybridized carbons (Fsp3) is 0.333. The lowest BCUT2D eigenvalue weighted by Gasteiger charge is -1.98. The molecule has 0 saturated carbocycles. The van der Waals surface area contributed by atoms with Crippen LogP contribution in [0.2, 0.25) is 0 Å². The largest absolute Gasteiger partial charge is 0.481 e. The summed E-state index contributed by atoms with van der Waals surface area (Å²) in [7, 11) is 0. The van der Waals surface area contributed by atoms with Crippen molar-refractivity contribution >= 4 is 11.8 Å². The number of aryl methyl sites for hydroxylation is 1. The topological polar surface area (TPSA) is 80.2 Å². The van der Waals surface area contributed by atoms with Crippen LogP contribution in [-0.4, -0.2) is 26.8 Å². The average molecular weight is 194 g/mol. The van der Waals surface area contributed by atoms with Crippen molar-refractivity contribution in [3.63, 3.8) is 0 Å². The summed E-state index contributed by atoms with van der Waals surface area (Å²) >= 11 is 0. The molecule has 0 amide bonds. The van der Waals surface area contributed by atoms with Crippen molar-refractivity contribution in [2.45, 2.75) is 19.8 Å². The van der Waals surface area contributed by atoms with E-state index >= 15 is 0 Å². The Hall–Kier alpha value is -1.78. The summed E-state index contributed by atoms with van der Waals surface area (Å²) in [6.45, 7) is 1.75. The molecule has 0 aliphatic heterocycles. The van der Waals surface area contributed by atoms with Crippen LogP contribution >= 0.6 is 0 Å². The first-order valence-electron chi connectivity index (χ1n) is 4.13. The molecule has 1 N–H and O–H groups in total. The second kappa shape index (κ2) is 4.45. The first kappa shape index (κ1) is 10.3. The molecular formula is C9H10N2O3. The number of aromatic nitrogens is 2. The minimum Gasteiger partial charge on any atom is -0.481 e. The molecule has 0 unspecified atom stereocenters. The molecule has 0 saturated heterocycles. The van der Waals surface area contributed by atoms with Gasteiger partial charge in [0.15, 0.2) is 5.78 Å². The Labute approximate surface area is 80.8 Å². The van der Waals surface area contributed by atoms with Crippen molar-refractivity contribution in [2.75, 3.05) is 0 Å². The zero-order valence-electron chi connectivity index (χ0n) is 7.73. The molecule has 1 rings (SSSR count). The molecular weight excluding hydrogens is 184 g/mol. The number of carbonyl (C=O) groups excluding carboxylic acids is 1. The molecule has 1 aromatic heterocycles. The van der Waals surface area contributed by atoms with Gasteiger partial charge in [0.05, 0.1) is 6.42 Å². The molecule has 74 valence electrons. The van der Waals surface area contributed by atoms with Gasteiger partial charge in [-0.2, -0.15) is 0 Å². The number of Topliss-reactive ketones (excluding diaryl/α,β-unsaturated/α-hetero) is 1. The fourth-order valence-corrected chi connectivity index (χ4v) is 0.956. The van der Waals surface area contributed by atoms with Crippen LogP contribution < -0.4 is 0 Å². The standard InChI is InChI=1S/C9H10N2O3/c1-6-4-7(11-5-10-6)8(12)2-3-9(13)14/h4-5H,2-3H2,1H3,(H,13,14). The fourth-order valence-electron chi connectivity index (χ4n) is 0.956. The lowest BCUT2D eigenvalue weighted by atomic mass is 10.1. The summed E-state index contributed by atoms with van der Waals surface area (Å²) in [6.07, 6.45) is 1.11. The van der Waals surface area contributed by atoms with Crippen LogP contribution in [0.15, 0.2) is 12.4 Å². The van der Waals surface area contributed by atoms with Crippen LogP contribution in [0.1, 0.15) is 29.0 Å². The second-order valence-electron chi connectivity index (χ2n) is 2.86. The van der Waals surface area contributed by atoms with Crippen LogP contribution in [0.25, 0.3) is 0 Å². The molecule has 0 bridgehead atoms. The first-order chi connectivity index (χ1) is 6.59. The third-order valence-electron chi connectivity index (χ3n) is 1.66. The Bertz CT molecular complexity index is 363. The lowest BCUT2D eigenvalue weighted by molar-refractivity contribution is -0.136. The molecule has 1 heterocycles. The molecule has 1 aromatic rings. The Morgan fingerprint density at radius 2 is 2.07 bits per heavy atom. The van der Waals surface area contributed by atoms with Crippen LogP contribution in [0.4, 0.5) is 0 Å². The van der Waals surface area contributed by atoms with Crippen molar-refractivity contribution in [1.82, 2.24) is 9.97 Å². The van der Waals surface area contributed by atoms with E-state index < -0.39 is 5.97 Å². The van der Waals surface area contributed by atoms with E-state index in [0.29, 0.717) is 5.69 Å². The number of hydrogen-bond acceptors (Lipinski definition) is 4. The number of hydrogen-bond donors (Lipinski definition) is 1. The predicted molar refractivity (Wildman–Crippen MR) is 48.0 cm³/mol. The molecule has 5 heteroatoms. The van der Waals surface area contributed by atoms with Gasteiger partial charge in [0.25, 0.3) is 0 Å². The predicted octanol–water partition coefficient (Wildman–Crippen LogP) is 0.833. The quantitative estimate of drug-likeness (QED) is 0.718. The average Bonchev–Trinajstić information content (AvgIpc) is 2.14. The second-order valence-corrected chi connectivity index (χ2v) is 2.86. The van der Waals surface area contributed by atoms with E-state index in [4.69, 9.17) is 5.11 Å². The van der Waals surface area contributed by atoms with E-state index in [2.05, 4.69) is 9.97 Å². The van der Waals surface area contributed by atoms with Gasteiger partial charge in [-0.25, -0.2) is 9.97 Å². The van der Waals surface area contributed by atoms with Crippen LogP contribution in [-0.2, 0) is 4.79 Å². The zero-order chi connectivity index (χ0) is 10.6. The summed E-state index contributed by atoms with van der Waals surface area (Å²) < 4.78 is 0. The number of carboxylic acid groups (broad SMARTS) is 1. The third kappa shape index (κ3) is 2.93. The molecule has 0 aromatic carbocycles. The Morgan fingerprint density at radius 1 is 1.36 bits per heavy atom. The first-order valence-corrected chi connectivity index (χ1v) is 4.13. The number of carbonyl (C=O) groups is 2. The lowest BCUT2D eigenvalue weighted by Crippen LogP contribution is -2.06. The molecule has 0 spiro atoms. The van der Waals surface area contributed by atoms with Crippen LogP contribution in [0.5, 0.6) is 0 Å². The highest BCUT2D eigenvalue weighted by Crippen LogP contribution is 2.02. The van der Waals surface area contributed by atoms with E-state index in [1.54, 1.807) is 13.0 Å². The van der Waals surface area contributed by atoms with E-state index in [1.165, 1.54) is 6.33 Å². The van der Waals surface area contributed by atoms with Crippen molar-refractivity contribution in [3.8, 4) is 0 Å². The van der Waals surface area contributed by atoms with Gasteiger partial charge in [0.1, 0.15) is 12.0 Å². The van der Waals surface area contributed by atoms with E-state index in [1.807, 2.05) is 0 Å². The number of carboxylic acids is 1. The Kier molecular flexibility index (Phi) is 3.28. The normalized spacial score (nSPS) is 9.79. The van der Waals surface area contributed by atoms with E-state index in [9.17, 15) is 9.59 Å². The monoisotopic (exact) mass is 194 g/mol. The van der Waals surface area contributed by atoms with Crippen molar-refractivity contribution in [1.29, 1.82) is 0 Å². The van der Waals surface area contributed by atoms with Crippen molar-refractivity contribution < 1.29 is 14.7 Å². The molecule has 0 atom stereocenters. The highest BCUT2D eigenvalue weighted by Gasteiger charge is 2.09. The Balaban J connectivity index is 2.65. The molecule has 0 aliphatic rings. The van der Waals surface area contributed by atoms with Gasteiger partial charge >= 0.3 is 5.97 Å². The van der Waals surface area contributed by atoms with Gasteiger partial charge in [-0.15, -0.1) is 0 Å². The van der Waals surface area contributed by atoms with Crippen molar-refractivity contribution in [3.05, 3.63) is 23.8 Å². The van der Waals surface area contributed by atoms with E-state index in [-0.39, 0.29) is 24.3 Å². The molecule has 0 aliphatic carbocycles. The maximum atomic E-state index is 11.3. The van der Waals surface area contributed by atoms with Gasteiger partial charge in [0.2, 0.25) is 0 Å². The molecule has 14 heavy (non-hydrogen) atoms. The van der Waals surface area contributed by atoms with Gasteiger partial charge < -0.3 is 5.11 Å². The Morgan fingerprint density at radius 3 is 2.64 bits per heavy atom. The highest BCUT2D eigenvalue weighted by molar-refractivity contribution is 5.95. The van der Waals surface area contributed by atoms with E-state index in [0.717, 1.165) is 0 Å². The summed E-state index contributed by atoms with van der Waals surface area (Å²) in [5.74, 6) is -1.25. The summed E-state index contributed by atoms with van der Waals surface area (Å²) in [6, 6.07) is 1.55. The summed E-state index contributed by atoms with van der Waals surface area (Å²) in [5.41, 5.74) is 0.970. The minimum absolute atomic E-state index is 0.0220. The highest BCUT2D eigenvalue weighted by atomic mass is 16.4. The summed E-state index contributed by atoms with van der Waals surface area (Å²) in [5, 5.41) is 8.38. The van der Waals surface area contributed by atoms with Crippen LogP contribution in [0.3, 0.4) is 0 Å². The number of aliphatic carboxylic acids is 1. The number of rotatable bonds is 4. The third-order valence-corrected chi connectivity index (χ3v) is 1.66. The zero-order valence-corrected chi connectivity index (χ0v) is 7.73. The maximum absolute atomic E-state index is 11.3. The van der Waals surface area contributed by atoms with Gasteiger partial charge in [-0.05, 0) is 13.0 Å². The number of nitrogens with zero attached hydrogens (tertiary/aromatic N) is 2. The van der Waals surface area contributed by atoms with Gasteiger partial charge in [-0.3, -0.25) is 9.59 Å².